The van der Waals surface area contributed by atoms with Crippen LogP contribution in [0.25, 0.3) is 0 Å². The van der Waals surface area contributed by atoms with Crippen molar-refractivity contribution < 1.29 is 5.11 Å². The van der Waals surface area contributed by atoms with Crippen molar-refractivity contribution in [3.63, 3.8) is 0 Å². The molecule has 1 aromatic heterocycles. The summed E-state index contributed by atoms with van der Waals surface area (Å²) in [6.45, 7) is 6.43. The molecule has 0 radical (unpaired) electrons. The van der Waals surface area contributed by atoms with E-state index < -0.39 is 0 Å². The predicted molar refractivity (Wildman–Crippen MR) is 51.5 cm³/mol. The van der Waals surface area contributed by atoms with E-state index in [9.17, 15) is 0 Å². The van der Waals surface area contributed by atoms with Crippen LogP contribution in [0.15, 0.2) is 12.3 Å². The fourth-order valence-corrected chi connectivity index (χ4v) is 1.04. The standard InChI is InChI=1S/C10H16N2O/c1-10(2,3)8-4-6-11-9(12-8)5-7-13/h4,6,13H,5,7H2,1-3H3. The highest BCUT2D eigenvalue weighted by molar-refractivity contribution is 5.12. The first-order chi connectivity index (χ1) is 6.04. The maximum Gasteiger partial charge on any atom is 0.130 e. The van der Waals surface area contributed by atoms with Gasteiger partial charge >= 0.3 is 0 Å². The first-order valence-corrected chi connectivity index (χ1v) is 4.47. The van der Waals surface area contributed by atoms with Crippen LogP contribution in [0, 0.1) is 0 Å². The highest BCUT2D eigenvalue weighted by atomic mass is 16.3. The Balaban J connectivity index is 2.92. The van der Waals surface area contributed by atoms with Crippen molar-refractivity contribution in [3.8, 4) is 0 Å². The van der Waals surface area contributed by atoms with Crippen molar-refractivity contribution in [2.75, 3.05) is 6.61 Å². The molecule has 0 bridgehead atoms. The Hall–Kier alpha value is -0.960. The molecule has 0 saturated carbocycles. The number of aromatic nitrogens is 2. The Morgan fingerprint density at radius 3 is 2.62 bits per heavy atom. The molecule has 3 heteroatoms. The van der Waals surface area contributed by atoms with Crippen LogP contribution in [-0.2, 0) is 11.8 Å². The lowest BCUT2D eigenvalue weighted by Crippen LogP contribution is -2.15. The van der Waals surface area contributed by atoms with Crippen LogP contribution in [0.3, 0.4) is 0 Å². The van der Waals surface area contributed by atoms with E-state index in [0.717, 1.165) is 11.5 Å². The molecule has 0 atom stereocenters. The fourth-order valence-electron chi connectivity index (χ4n) is 1.04. The fraction of sp³-hybridized carbons (Fsp3) is 0.600. The highest BCUT2D eigenvalue weighted by Crippen LogP contribution is 2.18. The number of hydrogen-bond acceptors (Lipinski definition) is 3. The molecule has 0 unspecified atom stereocenters. The van der Waals surface area contributed by atoms with Crippen LogP contribution >= 0.6 is 0 Å². The van der Waals surface area contributed by atoms with Crippen LogP contribution in [-0.4, -0.2) is 21.7 Å². The average molecular weight is 180 g/mol. The molecule has 1 heterocycles. The molecule has 0 amide bonds. The molecular formula is C10H16N2O. The quantitative estimate of drug-likeness (QED) is 0.746. The van der Waals surface area contributed by atoms with Gasteiger partial charge in [0.1, 0.15) is 5.82 Å². The van der Waals surface area contributed by atoms with Gasteiger partial charge in [0.05, 0.1) is 6.61 Å². The zero-order chi connectivity index (χ0) is 9.90. The maximum atomic E-state index is 8.73. The number of rotatable bonds is 2. The number of hydrogen-bond donors (Lipinski definition) is 1. The van der Waals surface area contributed by atoms with Gasteiger partial charge in [-0.2, -0.15) is 0 Å². The lowest BCUT2D eigenvalue weighted by Gasteiger charge is -2.17. The summed E-state index contributed by atoms with van der Waals surface area (Å²) in [5.74, 6) is 0.718. The summed E-state index contributed by atoms with van der Waals surface area (Å²) < 4.78 is 0. The minimum atomic E-state index is 0.0488. The van der Waals surface area contributed by atoms with Gasteiger partial charge in [-0.3, -0.25) is 0 Å². The van der Waals surface area contributed by atoms with Crippen LogP contribution in [0.4, 0.5) is 0 Å². The van der Waals surface area contributed by atoms with Gasteiger partial charge in [-0.05, 0) is 6.07 Å². The third-order valence-corrected chi connectivity index (χ3v) is 1.81. The SMILES string of the molecule is CC(C)(C)c1ccnc(CCO)n1. The van der Waals surface area contributed by atoms with Gasteiger partial charge in [0.15, 0.2) is 0 Å². The van der Waals surface area contributed by atoms with E-state index in [4.69, 9.17) is 5.11 Å². The second-order valence-electron chi connectivity index (χ2n) is 4.08. The van der Waals surface area contributed by atoms with E-state index in [1.165, 1.54) is 0 Å². The van der Waals surface area contributed by atoms with Crippen molar-refractivity contribution in [2.45, 2.75) is 32.6 Å². The minimum absolute atomic E-state index is 0.0488. The second-order valence-corrected chi connectivity index (χ2v) is 4.08. The van der Waals surface area contributed by atoms with E-state index in [1.807, 2.05) is 6.07 Å². The zero-order valence-corrected chi connectivity index (χ0v) is 8.41. The second kappa shape index (κ2) is 3.83. The summed E-state index contributed by atoms with van der Waals surface area (Å²) in [5, 5.41) is 8.73. The van der Waals surface area contributed by atoms with Gasteiger partial charge in [-0.25, -0.2) is 9.97 Å². The topological polar surface area (TPSA) is 46.0 Å². The van der Waals surface area contributed by atoms with Gasteiger partial charge in [0.2, 0.25) is 0 Å². The summed E-state index contributed by atoms with van der Waals surface area (Å²) >= 11 is 0. The third-order valence-electron chi connectivity index (χ3n) is 1.81. The van der Waals surface area contributed by atoms with Crippen molar-refractivity contribution in [3.05, 3.63) is 23.8 Å². The molecule has 0 spiro atoms. The summed E-state index contributed by atoms with van der Waals surface area (Å²) in [7, 11) is 0. The Morgan fingerprint density at radius 1 is 1.38 bits per heavy atom. The van der Waals surface area contributed by atoms with Crippen LogP contribution in [0.5, 0.6) is 0 Å². The van der Waals surface area contributed by atoms with Crippen molar-refractivity contribution in [2.24, 2.45) is 0 Å². The lowest BCUT2D eigenvalue weighted by molar-refractivity contribution is 0.296. The molecule has 1 aromatic rings. The molecule has 0 aliphatic carbocycles. The van der Waals surface area contributed by atoms with Gasteiger partial charge in [-0.15, -0.1) is 0 Å². The van der Waals surface area contributed by atoms with Crippen LogP contribution < -0.4 is 0 Å². The monoisotopic (exact) mass is 180 g/mol. The first-order valence-electron chi connectivity index (χ1n) is 4.47. The maximum absolute atomic E-state index is 8.73. The molecule has 0 aliphatic rings. The molecule has 13 heavy (non-hydrogen) atoms. The molecule has 72 valence electrons. The first kappa shape index (κ1) is 10.1. The predicted octanol–water partition coefficient (Wildman–Crippen LogP) is 1.31. The van der Waals surface area contributed by atoms with Gasteiger partial charge in [0, 0.05) is 23.7 Å². The molecule has 1 rings (SSSR count). The Kier molecular flexibility index (Phi) is 2.98. The van der Waals surface area contributed by atoms with E-state index in [0.29, 0.717) is 6.42 Å². The average Bonchev–Trinajstić information content (AvgIpc) is 2.04. The molecule has 0 fully saturated rings. The van der Waals surface area contributed by atoms with Crippen molar-refractivity contribution >= 4 is 0 Å². The van der Waals surface area contributed by atoms with Crippen LogP contribution in [0.1, 0.15) is 32.3 Å². The largest absolute Gasteiger partial charge is 0.396 e. The molecule has 0 saturated heterocycles. The van der Waals surface area contributed by atoms with Crippen molar-refractivity contribution in [1.82, 2.24) is 9.97 Å². The smallest absolute Gasteiger partial charge is 0.130 e. The minimum Gasteiger partial charge on any atom is -0.396 e. The van der Waals surface area contributed by atoms with E-state index in [2.05, 4.69) is 30.7 Å². The summed E-state index contributed by atoms with van der Waals surface area (Å²) in [4.78, 5) is 8.43. The molecule has 0 aliphatic heterocycles. The molecule has 3 nitrogen and oxygen atoms in total. The van der Waals surface area contributed by atoms with Crippen LogP contribution in [0.2, 0.25) is 0 Å². The number of aliphatic hydroxyl groups is 1. The normalized spacial score (nSPS) is 11.7. The summed E-state index contributed by atoms with van der Waals surface area (Å²) in [6, 6.07) is 1.92. The van der Waals surface area contributed by atoms with Gasteiger partial charge < -0.3 is 5.11 Å². The zero-order valence-electron chi connectivity index (χ0n) is 8.41. The number of nitrogens with zero attached hydrogens (tertiary/aromatic N) is 2. The third kappa shape index (κ3) is 2.77. The molecular weight excluding hydrogens is 164 g/mol. The van der Waals surface area contributed by atoms with E-state index in [1.54, 1.807) is 6.20 Å². The Bertz CT molecular complexity index is 278. The van der Waals surface area contributed by atoms with Gasteiger partial charge in [0.25, 0.3) is 0 Å². The molecule has 1 N–H and O–H groups in total. The highest BCUT2D eigenvalue weighted by Gasteiger charge is 2.15. The lowest BCUT2D eigenvalue weighted by atomic mass is 9.92. The molecule has 0 aromatic carbocycles. The van der Waals surface area contributed by atoms with Crippen molar-refractivity contribution in [1.29, 1.82) is 0 Å². The summed E-state index contributed by atoms with van der Waals surface area (Å²) in [5.41, 5.74) is 1.07. The van der Waals surface area contributed by atoms with E-state index in [-0.39, 0.29) is 12.0 Å². The Morgan fingerprint density at radius 2 is 2.08 bits per heavy atom. The van der Waals surface area contributed by atoms with Gasteiger partial charge in [-0.1, -0.05) is 20.8 Å². The van der Waals surface area contributed by atoms with E-state index >= 15 is 0 Å². The Labute approximate surface area is 78.9 Å². The number of aliphatic hydroxyl groups excluding tert-OH is 1. The summed E-state index contributed by atoms with van der Waals surface area (Å²) in [6.07, 6.45) is 2.28.